The first-order valence-electron chi connectivity index (χ1n) is 11.1. The van der Waals surface area contributed by atoms with Crippen molar-refractivity contribution < 1.29 is 4.74 Å². The van der Waals surface area contributed by atoms with Crippen LogP contribution in [-0.4, -0.2) is 24.4 Å². The van der Waals surface area contributed by atoms with Gasteiger partial charge in [0.15, 0.2) is 5.82 Å². The number of rotatable bonds is 6. The number of aromatic nitrogens is 5. The summed E-state index contributed by atoms with van der Waals surface area (Å²) in [7, 11) is 0. The zero-order valence-corrected chi connectivity index (χ0v) is 21.2. The van der Waals surface area contributed by atoms with Crippen LogP contribution in [-0.2, 0) is 6.61 Å². The average molecular weight is 556 g/mol. The fourth-order valence-electron chi connectivity index (χ4n) is 3.78. The van der Waals surface area contributed by atoms with Gasteiger partial charge in [-0.15, -0.1) is 5.10 Å². The number of halogens is 1. The lowest BCUT2D eigenvalue weighted by atomic mass is 10.1. The molecule has 0 saturated carbocycles. The summed E-state index contributed by atoms with van der Waals surface area (Å²) < 4.78 is 10.4. The first-order valence-corrected chi connectivity index (χ1v) is 12.7. The first kappa shape index (κ1) is 22.4. The summed E-state index contributed by atoms with van der Waals surface area (Å²) in [6, 6.07) is 27.3. The van der Waals surface area contributed by atoms with Gasteiger partial charge in [0.05, 0.1) is 15.9 Å². The number of hydrogen-bond donors (Lipinski definition) is 0. The van der Waals surface area contributed by atoms with E-state index in [0.29, 0.717) is 21.1 Å². The molecule has 9 heteroatoms. The van der Waals surface area contributed by atoms with Crippen LogP contribution in [0.4, 0.5) is 0 Å². The third-order valence-corrected chi connectivity index (χ3v) is 6.99. The smallest absolute Gasteiger partial charge is 0.291 e. The second-order valence-corrected chi connectivity index (χ2v) is 9.88. The third-order valence-electron chi connectivity index (χ3n) is 5.50. The highest BCUT2D eigenvalue weighted by Gasteiger charge is 2.14. The minimum Gasteiger partial charge on any atom is -0.486 e. The Balaban J connectivity index is 1.36. The molecule has 3 aromatic heterocycles. The van der Waals surface area contributed by atoms with Crippen LogP contribution in [0.15, 0.2) is 100 Å². The zero-order chi connectivity index (χ0) is 24.5. The van der Waals surface area contributed by atoms with Crippen molar-refractivity contribution >= 4 is 38.3 Å². The quantitative estimate of drug-likeness (QED) is 0.292. The molecule has 0 bridgehead atoms. The van der Waals surface area contributed by atoms with E-state index in [9.17, 15) is 4.79 Å². The second-order valence-electron chi connectivity index (χ2n) is 7.96. The van der Waals surface area contributed by atoms with E-state index in [1.165, 1.54) is 15.9 Å². The Morgan fingerprint density at radius 3 is 2.36 bits per heavy atom. The summed E-state index contributed by atoms with van der Waals surface area (Å²) in [5.74, 6) is 1.16. The van der Waals surface area contributed by atoms with Crippen molar-refractivity contribution in [2.24, 2.45) is 0 Å². The van der Waals surface area contributed by atoms with Crippen LogP contribution in [0, 0.1) is 0 Å². The maximum absolute atomic E-state index is 13.1. The number of hydrogen-bond acceptors (Lipinski definition) is 6. The molecule has 0 amide bonds. The van der Waals surface area contributed by atoms with Crippen molar-refractivity contribution in [3.8, 4) is 22.7 Å². The van der Waals surface area contributed by atoms with Crippen molar-refractivity contribution in [1.29, 1.82) is 0 Å². The molecular weight excluding hydrogens is 538 g/mol. The topological polar surface area (TPSA) is 74.3 Å². The van der Waals surface area contributed by atoms with Crippen molar-refractivity contribution in [3.05, 3.63) is 122 Å². The van der Waals surface area contributed by atoms with E-state index in [1.807, 2.05) is 102 Å². The normalized spacial score (nSPS) is 11.9. The van der Waals surface area contributed by atoms with Crippen molar-refractivity contribution in [1.82, 2.24) is 24.4 Å². The van der Waals surface area contributed by atoms with Crippen LogP contribution in [0.25, 0.3) is 28.0 Å². The molecule has 36 heavy (non-hydrogen) atoms. The standard InChI is InChI=1S/C27H18BrN5O2S/c28-20-11-13-22(14-12-20)35-17-24-29-27-33(30-24)26(34)23(36-27)15-19-16-32(21-9-5-2-6-10-21)31-25(19)18-7-3-1-4-8-18/h1-16H,17H2. The minimum atomic E-state index is -0.219. The predicted molar refractivity (Wildman–Crippen MR) is 143 cm³/mol. The molecule has 176 valence electrons. The van der Waals surface area contributed by atoms with Crippen molar-refractivity contribution in [2.45, 2.75) is 6.61 Å². The lowest BCUT2D eigenvalue weighted by Gasteiger charge is -2.02. The fraction of sp³-hybridized carbons (Fsp3) is 0.0370. The van der Waals surface area contributed by atoms with Gasteiger partial charge in [0, 0.05) is 21.8 Å². The highest BCUT2D eigenvalue weighted by Crippen LogP contribution is 2.24. The van der Waals surface area contributed by atoms with E-state index in [4.69, 9.17) is 9.84 Å². The summed E-state index contributed by atoms with van der Waals surface area (Å²) in [4.78, 5) is 18.2. The van der Waals surface area contributed by atoms with Crippen LogP contribution in [0.2, 0.25) is 0 Å². The Kier molecular flexibility index (Phi) is 5.92. The van der Waals surface area contributed by atoms with Crippen LogP contribution >= 0.6 is 27.3 Å². The van der Waals surface area contributed by atoms with E-state index in [0.717, 1.165) is 27.0 Å². The number of para-hydroxylation sites is 1. The molecule has 3 heterocycles. The molecule has 6 aromatic rings. The maximum Gasteiger partial charge on any atom is 0.291 e. The van der Waals surface area contributed by atoms with Crippen LogP contribution in [0.3, 0.4) is 0 Å². The second kappa shape index (κ2) is 9.52. The van der Waals surface area contributed by atoms with Gasteiger partial charge in [0.2, 0.25) is 4.96 Å². The molecule has 0 atom stereocenters. The SMILES string of the molecule is O=c1c(=Cc2cn(-c3ccccc3)nc2-c2ccccc2)sc2nc(COc3ccc(Br)cc3)nn12. The molecule has 0 aliphatic rings. The largest absolute Gasteiger partial charge is 0.486 e. The maximum atomic E-state index is 13.1. The molecule has 0 aliphatic heterocycles. The molecule has 0 saturated heterocycles. The average Bonchev–Trinajstić information content (AvgIpc) is 3.60. The van der Waals surface area contributed by atoms with Gasteiger partial charge in [-0.3, -0.25) is 4.79 Å². The first-order chi connectivity index (χ1) is 17.6. The number of thiazole rings is 1. The summed E-state index contributed by atoms with van der Waals surface area (Å²) in [6.07, 6.45) is 3.79. The molecule has 0 radical (unpaired) electrons. The lowest BCUT2D eigenvalue weighted by Crippen LogP contribution is -2.24. The Morgan fingerprint density at radius 1 is 0.917 bits per heavy atom. The Labute approximate surface area is 218 Å². The molecule has 6 rings (SSSR count). The van der Waals surface area contributed by atoms with Gasteiger partial charge >= 0.3 is 0 Å². The molecule has 0 unspecified atom stereocenters. The Morgan fingerprint density at radius 2 is 1.64 bits per heavy atom. The highest BCUT2D eigenvalue weighted by molar-refractivity contribution is 9.10. The molecule has 0 fully saturated rings. The summed E-state index contributed by atoms with van der Waals surface area (Å²) in [5, 5.41) is 9.19. The van der Waals surface area contributed by atoms with E-state index in [-0.39, 0.29) is 12.2 Å². The zero-order valence-electron chi connectivity index (χ0n) is 18.8. The monoisotopic (exact) mass is 555 g/mol. The van der Waals surface area contributed by atoms with Crippen LogP contribution in [0.5, 0.6) is 5.75 Å². The van der Waals surface area contributed by atoms with Crippen molar-refractivity contribution in [3.63, 3.8) is 0 Å². The summed E-state index contributed by atoms with van der Waals surface area (Å²) >= 11 is 4.70. The number of ether oxygens (including phenoxy) is 1. The van der Waals surface area contributed by atoms with E-state index < -0.39 is 0 Å². The summed E-state index contributed by atoms with van der Waals surface area (Å²) in [6.45, 7) is 0.177. The van der Waals surface area contributed by atoms with Gasteiger partial charge in [0.1, 0.15) is 12.4 Å². The van der Waals surface area contributed by atoms with Crippen molar-refractivity contribution in [2.75, 3.05) is 0 Å². The lowest BCUT2D eigenvalue weighted by molar-refractivity contribution is 0.296. The van der Waals surface area contributed by atoms with Gasteiger partial charge in [-0.25, -0.2) is 4.68 Å². The van der Waals surface area contributed by atoms with Gasteiger partial charge in [-0.2, -0.15) is 14.6 Å². The molecule has 0 aliphatic carbocycles. The van der Waals surface area contributed by atoms with Gasteiger partial charge in [-0.05, 0) is 42.5 Å². The predicted octanol–water partition coefficient (Wildman–Crippen LogP) is 4.89. The number of fused-ring (bicyclic) bond motifs is 1. The molecule has 7 nitrogen and oxygen atoms in total. The highest BCUT2D eigenvalue weighted by atomic mass is 79.9. The fourth-order valence-corrected chi connectivity index (χ4v) is 4.96. The minimum absolute atomic E-state index is 0.177. The Bertz CT molecular complexity index is 1760. The molecule has 0 spiro atoms. The molecule has 0 N–H and O–H groups in total. The van der Waals surface area contributed by atoms with Crippen LogP contribution < -0.4 is 14.8 Å². The third kappa shape index (κ3) is 4.46. The van der Waals surface area contributed by atoms with Gasteiger partial charge in [-0.1, -0.05) is 75.8 Å². The number of benzene rings is 3. The van der Waals surface area contributed by atoms with Gasteiger partial charge < -0.3 is 4.74 Å². The number of nitrogens with zero attached hydrogens (tertiary/aromatic N) is 5. The van der Waals surface area contributed by atoms with E-state index >= 15 is 0 Å². The van der Waals surface area contributed by atoms with E-state index in [2.05, 4.69) is 26.0 Å². The summed E-state index contributed by atoms with van der Waals surface area (Å²) in [5.41, 5.74) is 3.32. The molecular formula is C27H18BrN5O2S. The van der Waals surface area contributed by atoms with Gasteiger partial charge in [0.25, 0.3) is 5.56 Å². The molecule has 3 aromatic carbocycles. The van der Waals surface area contributed by atoms with E-state index in [1.54, 1.807) is 0 Å². The van der Waals surface area contributed by atoms with Crippen LogP contribution in [0.1, 0.15) is 11.4 Å². The Hall–Kier alpha value is -4.08.